The molecule has 0 saturated carbocycles. The van der Waals surface area contributed by atoms with Crippen LogP contribution in [0, 0.1) is 12.8 Å². The molecule has 0 unspecified atom stereocenters. The van der Waals surface area contributed by atoms with Crippen LogP contribution in [-0.2, 0) is 20.7 Å². The van der Waals surface area contributed by atoms with Gasteiger partial charge in [0.1, 0.15) is 5.60 Å². The second-order valence-corrected chi connectivity index (χ2v) is 9.48. The van der Waals surface area contributed by atoms with Crippen molar-refractivity contribution in [3.8, 4) is 11.5 Å². The fraction of sp³-hybridized carbons (Fsp3) is 0.636. The van der Waals surface area contributed by atoms with Gasteiger partial charge in [0.15, 0.2) is 11.5 Å². The van der Waals surface area contributed by atoms with Crippen LogP contribution in [-0.4, -0.2) is 64.4 Å². The lowest BCUT2D eigenvalue weighted by Crippen LogP contribution is -2.65. The van der Waals surface area contributed by atoms with Gasteiger partial charge in [0.25, 0.3) is 0 Å². The molecule has 2 saturated heterocycles. The number of aliphatic hydroxyl groups excluding tert-OH is 1. The minimum Gasteiger partial charge on any atom is -0.504 e. The molecule has 0 aliphatic carbocycles. The van der Waals surface area contributed by atoms with Gasteiger partial charge in [-0.25, -0.2) is 0 Å². The summed E-state index contributed by atoms with van der Waals surface area (Å²) in [6.07, 6.45) is 0.841. The topological polar surface area (TPSA) is 108 Å². The Morgan fingerprint density at radius 1 is 1.37 bits per heavy atom. The molecule has 5 atom stereocenters. The normalized spacial score (nSPS) is 30.0. The molecular formula is C22H30N2O6. The van der Waals surface area contributed by atoms with E-state index < -0.39 is 23.6 Å². The van der Waals surface area contributed by atoms with Crippen LogP contribution in [0.3, 0.4) is 0 Å². The number of nitrogens with zero attached hydrogens (tertiary/aromatic N) is 1. The van der Waals surface area contributed by atoms with Crippen LogP contribution >= 0.6 is 0 Å². The van der Waals surface area contributed by atoms with Gasteiger partial charge < -0.3 is 29.9 Å². The fourth-order valence-electron chi connectivity index (χ4n) is 5.32. The largest absolute Gasteiger partial charge is 0.504 e. The van der Waals surface area contributed by atoms with E-state index in [0.29, 0.717) is 24.2 Å². The molecule has 4 rings (SSSR count). The Morgan fingerprint density at radius 2 is 2.07 bits per heavy atom. The Morgan fingerprint density at radius 3 is 2.67 bits per heavy atom. The summed E-state index contributed by atoms with van der Waals surface area (Å²) < 4.78 is 11.0. The van der Waals surface area contributed by atoms with Gasteiger partial charge in [0.2, 0.25) is 5.91 Å². The lowest BCUT2D eigenvalue weighted by atomic mass is 9.81. The maximum Gasteiger partial charge on any atom is 0.311 e. The molecular weight excluding hydrogens is 388 g/mol. The van der Waals surface area contributed by atoms with Gasteiger partial charge in [-0.3, -0.25) is 9.59 Å². The third kappa shape index (κ3) is 3.13. The maximum absolute atomic E-state index is 13.3. The number of phenols is 1. The van der Waals surface area contributed by atoms with Crippen LogP contribution in [0.4, 0.5) is 0 Å². The maximum atomic E-state index is 13.3. The number of amides is 1. The number of phenolic OH excluding ortho intramolecular Hbond substituents is 1. The van der Waals surface area contributed by atoms with Crippen LogP contribution in [0.15, 0.2) is 6.07 Å². The number of aryl methyl sites for hydroxylation is 1. The highest BCUT2D eigenvalue weighted by Gasteiger charge is 2.57. The number of nitrogens with one attached hydrogen (secondary N) is 1. The standard InChI is InChI=1S/C22H30N2O6/c1-10-6-11-7-14-17-12(21(28)30-22(2,3)4)8-13(23-17)20(27)24(14)15(9-25)16(11)18(26)19(10)29-5/h6,12-15,17,23,25-26H,7-9H2,1-5H3/t12-,13+,14+,15+,17-/m1/s1. The van der Waals surface area contributed by atoms with Crippen LogP contribution in [0.2, 0.25) is 0 Å². The Balaban J connectivity index is 1.76. The quantitative estimate of drug-likeness (QED) is 0.633. The van der Waals surface area contributed by atoms with E-state index in [9.17, 15) is 19.8 Å². The summed E-state index contributed by atoms with van der Waals surface area (Å²) >= 11 is 0. The lowest BCUT2D eigenvalue weighted by Gasteiger charge is -2.49. The van der Waals surface area contributed by atoms with E-state index in [-0.39, 0.29) is 36.3 Å². The zero-order valence-corrected chi connectivity index (χ0v) is 18.1. The first-order chi connectivity index (χ1) is 14.1. The van der Waals surface area contributed by atoms with Crippen molar-refractivity contribution in [3.05, 3.63) is 22.8 Å². The van der Waals surface area contributed by atoms with Crippen LogP contribution in [0.25, 0.3) is 0 Å². The molecule has 2 fully saturated rings. The number of methoxy groups -OCH3 is 1. The summed E-state index contributed by atoms with van der Waals surface area (Å²) in [6.45, 7) is 7.00. The molecule has 1 aromatic carbocycles. The number of ether oxygens (including phenoxy) is 2. The van der Waals surface area contributed by atoms with Crippen LogP contribution in [0.5, 0.6) is 11.5 Å². The summed E-state index contributed by atoms with van der Waals surface area (Å²) in [4.78, 5) is 27.8. The van der Waals surface area contributed by atoms with Gasteiger partial charge in [0.05, 0.1) is 37.8 Å². The molecule has 1 aromatic rings. The van der Waals surface area contributed by atoms with Crippen molar-refractivity contribution >= 4 is 11.9 Å². The molecule has 164 valence electrons. The third-order valence-corrected chi connectivity index (χ3v) is 6.39. The number of aliphatic hydroxyl groups is 1. The molecule has 3 aliphatic heterocycles. The van der Waals surface area contributed by atoms with Crippen molar-refractivity contribution < 1.29 is 29.3 Å². The number of carbonyl (C=O) groups excluding carboxylic acids is 2. The molecule has 0 spiro atoms. The smallest absolute Gasteiger partial charge is 0.311 e. The first-order valence-electron chi connectivity index (χ1n) is 10.4. The van der Waals surface area contributed by atoms with Crippen molar-refractivity contribution in [2.75, 3.05) is 13.7 Å². The van der Waals surface area contributed by atoms with Crippen molar-refractivity contribution in [1.82, 2.24) is 10.2 Å². The Kier molecular flexibility index (Phi) is 4.97. The molecule has 1 amide bonds. The van der Waals surface area contributed by atoms with Crippen LogP contribution in [0.1, 0.15) is 49.9 Å². The van der Waals surface area contributed by atoms with E-state index in [1.807, 2.05) is 33.8 Å². The SMILES string of the molecule is COc1c(C)cc2c(c1O)[C@H](CO)N1C(=O)[C@@H]3C[C@@H](C(=O)OC(C)(C)C)[C@@H](N3)[C@@H]1C2. The predicted molar refractivity (Wildman–Crippen MR) is 108 cm³/mol. The second-order valence-electron chi connectivity index (χ2n) is 9.48. The average molecular weight is 418 g/mol. The van der Waals surface area contributed by atoms with Gasteiger partial charge in [0, 0.05) is 11.6 Å². The Bertz CT molecular complexity index is 893. The number of aromatic hydroxyl groups is 1. The number of rotatable bonds is 3. The number of hydrogen-bond donors (Lipinski definition) is 3. The van der Waals surface area contributed by atoms with E-state index in [1.165, 1.54) is 7.11 Å². The van der Waals surface area contributed by atoms with E-state index in [4.69, 9.17) is 9.47 Å². The highest BCUT2D eigenvalue weighted by atomic mass is 16.6. The van der Waals surface area contributed by atoms with Gasteiger partial charge >= 0.3 is 5.97 Å². The van der Waals surface area contributed by atoms with E-state index in [2.05, 4.69) is 5.32 Å². The Labute approximate surface area is 176 Å². The summed E-state index contributed by atoms with van der Waals surface area (Å²) in [6, 6.07) is 0.154. The zero-order chi connectivity index (χ0) is 22.0. The van der Waals surface area contributed by atoms with E-state index in [0.717, 1.165) is 11.1 Å². The fourth-order valence-corrected chi connectivity index (χ4v) is 5.32. The minimum atomic E-state index is -0.690. The van der Waals surface area contributed by atoms with E-state index >= 15 is 0 Å². The number of hydrogen-bond acceptors (Lipinski definition) is 7. The molecule has 8 nitrogen and oxygen atoms in total. The molecule has 8 heteroatoms. The molecule has 2 bridgehead atoms. The summed E-state index contributed by atoms with van der Waals surface area (Å²) in [5.41, 5.74) is 1.56. The summed E-state index contributed by atoms with van der Waals surface area (Å²) in [5, 5.41) is 24.4. The zero-order valence-electron chi connectivity index (χ0n) is 18.1. The lowest BCUT2D eigenvalue weighted by molar-refractivity contribution is -0.161. The first kappa shape index (κ1) is 20.9. The summed E-state index contributed by atoms with van der Waals surface area (Å²) in [5.74, 6) is -0.597. The molecule has 3 heterocycles. The first-order valence-corrected chi connectivity index (χ1v) is 10.4. The van der Waals surface area contributed by atoms with Gasteiger partial charge in [-0.05, 0) is 51.7 Å². The number of esters is 1. The molecule has 30 heavy (non-hydrogen) atoms. The molecule has 0 aromatic heterocycles. The third-order valence-electron chi connectivity index (χ3n) is 6.39. The van der Waals surface area contributed by atoms with Crippen molar-refractivity contribution in [2.45, 2.75) is 70.3 Å². The Hall–Kier alpha value is -2.32. The highest BCUT2D eigenvalue weighted by Crippen LogP contribution is 2.48. The van der Waals surface area contributed by atoms with E-state index in [1.54, 1.807) is 4.90 Å². The van der Waals surface area contributed by atoms with Crippen molar-refractivity contribution in [2.24, 2.45) is 5.92 Å². The predicted octanol–water partition coefficient (Wildman–Crippen LogP) is 1.20. The van der Waals surface area contributed by atoms with Gasteiger partial charge in [-0.15, -0.1) is 0 Å². The monoisotopic (exact) mass is 418 g/mol. The number of fused-ring (bicyclic) bond motifs is 5. The number of carbonyl (C=O) groups is 2. The molecule has 3 aliphatic rings. The van der Waals surface area contributed by atoms with Crippen molar-refractivity contribution in [3.63, 3.8) is 0 Å². The summed E-state index contributed by atoms with van der Waals surface area (Å²) in [7, 11) is 1.48. The molecule has 0 radical (unpaired) electrons. The second kappa shape index (κ2) is 7.13. The molecule has 3 N–H and O–H groups in total. The van der Waals surface area contributed by atoms with Crippen LogP contribution < -0.4 is 10.1 Å². The number of benzene rings is 1. The number of piperazine rings is 1. The highest BCUT2D eigenvalue weighted by molar-refractivity contribution is 5.88. The average Bonchev–Trinajstić information content (AvgIpc) is 3.05. The van der Waals surface area contributed by atoms with Crippen molar-refractivity contribution in [1.29, 1.82) is 0 Å². The van der Waals surface area contributed by atoms with Gasteiger partial charge in [-0.2, -0.15) is 0 Å². The van der Waals surface area contributed by atoms with Gasteiger partial charge in [-0.1, -0.05) is 6.07 Å². The minimum absolute atomic E-state index is 0.0348.